The second-order valence-corrected chi connectivity index (χ2v) is 6.00. The molecule has 0 spiro atoms. The molecule has 108 valence electrons. The van der Waals surface area contributed by atoms with Crippen molar-refractivity contribution >= 4 is 11.6 Å². The van der Waals surface area contributed by atoms with Gasteiger partial charge in [0.05, 0.1) is 6.54 Å². The number of para-hydroxylation sites is 1. The van der Waals surface area contributed by atoms with Crippen LogP contribution in [0.3, 0.4) is 0 Å². The maximum Gasteiger partial charge on any atom is 0.242 e. The molecule has 2 heterocycles. The Morgan fingerprint density at radius 1 is 1.25 bits per heavy atom. The van der Waals surface area contributed by atoms with E-state index in [-0.39, 0.29) is 5.91 Å². The number of hydrogen-bond donors (Lipinski definition) is 0. The van der Waals surface area contributed by atoms with E-state index >= 15 is 0 Å². The average Bonchev–Trinajstić information content (AvgIpc) is 2.82. The molecule has 0 saturated carbocycles. The maximum atomic E-state index is 12.5. The van der Waals surface area contributed by atoms with Crippen LogP contribution in [0.5, 0.6) is 0 Å². The predicted molar refractivity (Wildman–Crippen MR) is 81.0 cm³/mol. The summed E-state index contributed by atoms with van der Waals surface area (Å²) < 4.78 is 0. The zero-order valence-electron chi connectivity index (χ0n) is 12.4. The van der Waals surface area contributed by atoms with Gasteiger partial charge in [-0.05, 0) is 32.0 Å². The first-order valence-electron chi connectivity index (χ1n) is 7.46. The molecule has 2 aliphatic heterocycles. The van der Waals surface area contributed by atoms with Gasteiger partial charge in [-0.15, -0.1) is 0 Å². The number of nitrogens with zero attached hydrogens (tertiary/aromatic N) is 3. The van der Waals surface area contributed by atoms with Gasteiger partial charge in [0.1, 0.15) is 0 Å². The Bertz CT molecular complexity index is 502. The summed E-state index contributed by atoms with van der Waals surface area (Å²) in [7, 11) is 2.12. The molecular formula is C16H23N3O. The Balaban J connectivity index is 1.65. The third-order valence-corrected chi connectivity index (χ3v) is 4.46. The molecule has 0 N–H and O–H groups in total. The number of rotatable bonds is 2. The number of likely N-dealkylation sites (N-methyl/N-ethyl adjacent to an activating group) is 1. The van der Waals surface area contributed by atoms with Gasteiger partial charge in [-0.25, -0.2) is 0 Å². The number of piperazine rings is 1. The van der Waals surface area contributed by atoms with E-state index in [9.17, 15) is 4.79 Å². The summed E-state index contributed by atoms with van der Waals surface area (Å²) in [5, 5.41) is 0. The lowest BCUT2D eigenvalue weighted by Crippen LogP contribution is -2.54. The van der Waals surface area contributed by atoms with Crippen molar-refractivity contribution in [2.45, 2.75) is 19.4 Å². The first kappa shape index (κ1) is 13.4. The van der Waals surface area contributed by atoms with Crippen molar-refractivity contribution in [3.63, 3.8) is 0 Å². The minimum atomic E-state index is 0.266. The minimum Gasteiger partial charge on any atom is -0.362 e. The van der Waals surface area contributed by atoms with Crippen LogP contribution in [0.4, 0.5) is 5.69 Å². The molecule has 1 amide bonds. The number of fused-ring (bicyclic) bond motifs is 1. The van der Waals surface area contributed by atoms with Crippen molar-refractivity contribution in [1.82, 2.24) is 9.80 Å². The number of carbonyl (C=O) groups excluding carboxylic acids is 1. The molecule has 0 aromatic heterocycles. The number of amides is 1. The van der Waals surface area contributed by atoms with Crippen LogP contribution >= 0.6 is 0 Å². The van der Waals surface area contributed by atoms with Gasteiger partial charge >= 0.3 is 0 Å². The van der Waals surface area contributed by atoms with E-state index in [1.54, 1.807) is 0 Å². The second kappa shape index (κ2) is 5.44. The van der Waals surface area contributed by atoms with Crippen molar-refractivity contribution in [3.05, 3.63) is 29.8 Å². The maximum absolute atomic E-state index is 12.5. The van der Waals surface area contributed by atoms with Crippen LogP contribution in [0.2, 0.25) is 0 Å². The summed E-state index contributed by atoms with van der Waals surface area (Å²) >= 11 is 0. The lowest BCUT2D eigenvalue weighted by atomic mass is 10.2. The van der Waals surface area contributed by atoms with E-state index in [4.69, 9.17) is 0 Å². The second-order valence-electron chi connectivity index (χ2n) is 6.00. The Labute approximate surface area is 121 Å². The van der Waals surface area contributed by atoms with Crippen LogP contribution < -0.4 is 4.90 Å². The molecular weight excluding hydrogens is 250 g/mol. The fourth-order valence-electron chi connectivity index (χ4n) is 3.34. The van der Waals surface area contributed by atoms with Crippen LogP contribution in [-0.4, -0.2) is 61.5 Å². The summed E-state index contributed by atoms with van der Waals surface area (Å²) in [6.07, 6.45) is 1.06. The average molecular weight is 273 g/mol. The first-order valence-corrected chi connectivity index (χ1v) is 7.46. The van der Waals surface area contributed by atoms with Gasteiger partial charge in [0.15, 0.2) is 0 Å². The van der Waals surface area contributed by atoms with Crippen molar-refractivity contribution in [3.8, 4) is 0 Å². The summed E-state index contributed by atoms with van der Waals surface area (Å²) in [5.74, 6) is 0.266. The summed E-state index contributed by atoms with van der Waals surface area (Å²) in [5.41, 5.74) is 2.61. The van der Waals surface area contributed by atoms with Gasteiger partial charge in [0.2, 0.25) is 5.91 Å². The van der Waals surface area contributed by atoms with E-state index in [0.717, 1.165) is 32.6 Å². The predicted octanol–water partition coefficient (Wildman–Crippen LogP) is 1.21. The Morgan fingerprint density at radius 2 is 2.05 bits per heavy atom. The van der Waals surface area contributed by atoms with Gasteiger partial charge in [0, 0.05) is 37.9 Å². The third kappa shape index (κ3) is 2.52. The fraction of sp³-hybridized carbons (Fsp3) is 0.562. The largest absolute Gasteiger partial charge is 0.362 e. The summed E-state index contributed by atoms with van der Waals surface area (Å²) in [6, 6.07) is 8.74. The highest BCUT2D eigenvalue weighted by Crippen LogP contribution is 2.27. The zero-order valence-corrected chi connectivity index (χ0v) is 12.4. The lowest BCUT2D eigenvalue weighted by molar-refractivity contribution is -0.133. The van der Waals surface area contributed by atoms with Gasteiger partial charge in [0.25, 0.3) is 0 Å². The molecule has 0 radical (unpaired) electrons. The number of benzene rings is 1. The molecule has 0 bridgehead atoms. The van der Waals surface area contributed by atoms with Crippen LogP contribution in [0, 0.1) is 0 Å². The minimum absolute atomic E-state index is 0.266. The fourth-order valence-corrected chi connectivity index (χ4v) is 3.34. The van der Waals surface area contributed by atoms with Crippen molar-refractivity contribution < 1.29 is 4.79 Å². The molecule has 1 atom stereocenters. The Kier molecular flexibility index (Phi) is 3.66. The van der Waals surface area contributed by atoms with Gasteiger partial charge < -0.3 is 14.7 Å². The molecule has 4 nitrogen and oxygen atoms in total. The SMILES string of the molecule is CC1CN(C)CCN1C(=O)CN1CCc2ccccc21. The van der Waals surface area contributed by atoms with Crippen molar-refractivity contribution in [2.75, 3.05) is 44.7 Å². The van der Waals surface area contributed by atoms with E-state index in [1.807, 2.05) is 4.90 Å². The lowest BCUT2D eigenvalue weighted by Gasteiger charge is -2.39. The third-order valence-electron chi connectivity index (χ3n) is 4.46. The molecule has 3 rings (SSSR count). The molecule has 1 aromatic rings. The first-order chi connectivity index (χ1) is 9.65. The Hall–Kier alpha value is -1.55. The normalized spacial score (nSPS) is 23.0. The molecule has 4 heteroatoms. The smallest absolute Gasteiger partial charge is 0.242 e. The van der Waals surface area contributed by atoms with E-state index < -0.39 is 0 Å². The molecule has 1 unspecified atom stereocenters. The van der Waals surface area contributed by atoms with E-state index in [1.165, 1.54) is 11.3 Å². The summed E-state index contributed by atoms with van der Waals surface area (Å²) in [6.45, 7) is 6.44. The van der Waals surface area contributed by atoms with Gasteiger partial charge in [-0.3, -0.25) is 4.79 Å². The highest BCUT2D eigenvalue weighted by atomic mass is 16.2. The topological polar surface area (TPSA) is 26.8 Å². The standard InChI is InChI=1S/C16H23N3O/c1-13-11-17(2)9-10-19(13)16(20)12-18-8-7-14-5-3-4-6-15(14)18/h3-6,13H,7-12H2,1-2H3. The van der Waals surface area contributed by atoms with Crippen LogP contribution in [0.1, 0.15) is 12.5 Å². The van der Waals surface area contributed by atoms with E-state index in [0.29, 0.717) is 12.6 Å². The van der Waals surface area contributed by atoms with Crippen LogP contribution in [0.15, 0.2) is 24.3 Å². The monoisotopic (exact) mass is 273 g/mol. The molecule has 1 fully saturated rings. The molecule has 0 aliphatic carbocycles. The molecule has 1 saturated heterocycles. The molecule has 2 aliphatic rings. The van der Waals surface area contributed by atoms with Crippen molar-refractivity contribution in [2.24, 2.45) is 0 Å². The van der Waals surface area contributed by atoms with Crippen LogP contribution in [0.25, 0.3) is 0 Å². The number of carbonyl (C=O) groups is 1. The van der Waals surface area contributed by atoms with E-state index in [2.05, 4.69) is 48.0 Å². The van der Waals surface area contributed by atoms with Gasteiger partial charge in [-0.2, -0.15) is 0 Å². The van der Waals surface area contributed by atoms with Crippen LogP contribution in [-0.2, 0) is 11.2 Å². The number of anilines is 1. The summed E-state index contributed by atoms with van der Waals surface area (Å²) in [4.78, 5) is 19.1. The van der Waals surface area contributed by atoms with Gasteiger partial charge in [-0.1, -0.05) is 18.2 Å². The highest BCUT2D eigenvalue weighted by molar-refractivity contribution is 5.82. The van der Waals surface area contributed by atoms with Crippen molar-refractivity contribution in [1.29, 1.82) is 0 Å². The quantitative estimate of drug-likeness (QED) is 0.810. The number of hydrogen-bond acceptors (Lipinski definition) is 3. The zero-order chi connectivity index (χ0) is 14.1. The Morgan fingerprint density at radius 3 is 2.85 bits per heavy atom. The molecule has 20 heavy (non-hydrogen) atoms. The highest BCUT2D eigenvalue weighted by Gasteiger charge is 2.28. The molecule has 1 aromatic carbocycles.